The van der Waals surface area contributed by atoms with Crippen LogP contribution in [0.15, 0.2) is 97.2 Å². The third kappa shape index (κ3) is 60.9. The molecular formula is C68H124N2O6P+. The highest BCUT2D eigenvalue weighted by molar-refractivity contribution is 7.47. The predicted molar refractivity (Wildman–Crippen MR) is 336 cm³/mol. The molecule has 0 saturated heterocycles. The minimum atomic E-state index is -4.34. The third-order valence-corrected chi connectivity index (χ3v) is 15.1. The number of nitrogens with one attached hydrogen (secondary N) is 1. The molecule has 8 nitrogen and oxygen atoms in total. The molecule has 0 heterocycles. The molecule has 446 valence electrons. The summed E-state index contributed by atoms with van der Waals surface area (Å²) in [6.45, 7) is 4.77. The number of rotatable bonds is 58. The van der Waals surface area contributed by atoms with Crippen LogP contribution in [0.1, 0.15) is 277 Å². The number of carbonyl (C=O) groups excluding carboxylic acids is 1. The summed E-state index contributed by atoms with van der Waals surface area (Å²) >= 11 is 0. The summed E-state index contributed by atoms with van der Waals surface area (Å²) < 4.78 is 23.8. The van der Waals surface area contributed by atoms with Crippen molar-refractivity contribution in [3.8, 4) is 0 Å². The number of allylic oxidation sites excluding steroid dienone is 16. The van der Waals surface area contributed by atoms with Crippen molar-refractivity contribution in [1.29, 1.82) is 0 Å². The normalized spacial score (nSPS) is 14.4. The number of aliphatic hydroxyl groups excluding tert-OH is 1. The van der Waals surface area contributed by atoms with Gasteiger partial charge in [-0.1, -0.05) is 291 Å². The van der Waals surface area contributed by atoms with E-state index in [0.717, 1.165) is 103 Å². The van der Waals surface area contributed by atoms with Gasteiger partial charge in [0.05, 0.1) is 39.9 Å². The number of likely N-dealkylation sites (N-methyl/N-ethyl adjacent to an activating group) is 1. The Kier molecular flexibility index (Phi) is 56.1. The summed E-state index contributed by atoms with van der Waals surface area (Å²) in [5.74, 6) is -0.169. The van der Waals surface area contributed by atoms with E-state index in [1.807, 2.05) is 21.1 Å². The van der Waals surface area contributed by atoms with E-state index >= 15 is 0 Å². The smallest absolute Gasteiger partial charge is 0.391 e. The number of phosphoric acid groups is 1. The molecule has 3 atom stereocenters. The number of carbonyl (C=O) groups is 1. The molecule has 0 aliphatic rings. The highest BCUT2D eigenvalue weighted by atomic mass is 31.2. The second-order valence-corrected chi connectivity index (χ2v) is 24.2. The molecule has 77 heavy (non-hydrogen) atoms. The Morgan fingerprint density at radius 3 is 1.14 bits per heavy atom. The number of hydrogen-bond acceptors (Lipinski definition) is 5. The van der Waals surface area contributed by atoms with E-state index in [1.54, 1.807) is 0 Å². The lowest BCUT2D eigenvalue weighted by Crippen LogP contribution is -2.46. The van der Waals surface area contributed by atoms with E-state index in [-0.39, 0.29) is 19.1 Å². The molecule has 9 heteroatoms. The average Bonchev–Trinajstić information content (AvgIpc) is 3.39. The Balaban J connectivity index is 4.20. The molecule has 3 N–H and O–H groups in total. The first-order valence-corrected chi connectivity index (χ1v) is 33.6. The SMILES string of the molecule is CC/C=C\C/C=C\C/C=C\C/C=C\C/C=C\C/C=C\C/C=C\C/C=C\CCCCCCC(=O)NC(COP(=O)(O)OCC[N+](C)(C)C)C(O)CCCCCCCCCCCCCCCCCCCCCCCCCCCC. The first-order valence-electron chi connectivity index (χ1n) is 32.1. The molecule has 0 spiro atoms. The number of unbranched alkanes of at least 4 members (excludes halogenated alkanes) is 29. The van der Waals surface area contributed by atoms with Gasteiger partial charge in [0.25, 0.3) is 0 Å². The predicted octanol–water partition coefficient (Wildman–Crippen LogP) is 20.2. The topological polar surface area (TPSA) is 105 Å². The second-order valence-electron chi connectivity index (χ2n) is 22.8. The fourth-order valence-corrected chi connectivity index (χ4v) is 9.86. The second kappa shape index (κ2) is 58.1. The average molecular weight is 1100 g/mol. The largest absolute Gasteiger partial charge is 0.472 e. The molecule has 0 aliphatic carbocycles. The van der Waals surface area contributed by atoms with Crippen LogP contribution in [-0.4, -0.2) is 73.4 Å². The zero-order valence-corrected chi connectivity index (χ0v) is 51.8. The zero-order chi connectivity index (χ0) is 56.3. The van der Waals surface area contributed by atoms with Crippen LogP contribution in [0.2, 0.25) is 0 Å². The number of quaternary nitrogens is 1. The monoisotopic (exact) mass is 1100 g/mol. The van der Waals surface area contributed by atoms with E-state index in [0.29, 0.717) is 23.9 Å². The number of phosphoric ester groups is 1. The molecule has 0 aromatic carbocycles. The molecule has 0 aromatic heterocycles. The van der Waals surface area contributed by atoms with E-state index in [2.05, 4.69) is 116 Å². The fraction of sp³-hybridized carbons (Fsp3) is 0.750. The van der Waals surface area contributed by atoms with Gasteiger partial charge < -0.3 is 19.8 Å². The first kappa shape index (κ1) is 74.4. The lowest BCUT2D eigenvalue weighted by molar-refractivity contribution is -0.870. The molecule has 0 rings (SSSR count). The number of hydrogen-bond donors (Lipinski definition) is 3. The quantitative estimate of drug-likeness (QED) is 0.0243. The summed E-state index contributed by atoms with van der Waals surface area (Å²) in [5, 5.41) is 14.1. The van der Waals surface area contributed by atoms with Crippen LogP contribution in [0.25, 0.3) is 0 Å². The minimum absolute atomic E-state index is 0.0645. The van der Waals surface area contributed by atoms with Gasteiger partial charge >= 0.3 is 7.82 Å². The van der Waals surface area contributed by atoms with Gasteiger partial charge in [-0.3, -0.25) is 13.8 Å². The van der Waals surface area contributed by atoms with Gasteiger partial charge in [-0.05, 0) is 77.0 Å². The molecular weight excluding hydrogens is 972 g/mol. The summed E-state index contributed by atoms with van der Waals surface area (Å²) in [5.41, 5.74) is 0. The van der Waals surface area contributed by atoms with Crippen LogP contribution in [0.5, 0.6) is 0 Å². The van der Waals surface area contributed by atoms with Crippen LogP contribution in [-0.2, 0) is 18.4 Å². The highest BCUT2D eigenvalue weighted by Gasteiger charge is 2.28. The van der Waals surface area contributed by atoms with E-state index in [1.165, 1.54) is 148 Å². The van der Waals surface area contributed by atoms with E-state index in [4.69, 9.17) is 9.05 Å². The van der Waals surface area contributed by atoms with Crippen molar-refractivity contribution in [1.82, 2.24) is 5.32 Å². The maximum absolute atomic E-state index is 13.0. The summed E-state index contributed by atoms with van der Waals surface area (Å²) in [6.07, 6.45) is 83.4. The Hall–Kier alpha value is -2.58. The fourth-order valence-electron chi connectivity index (χ4n) is 9.12. The molecule has 0 aromatic rings. The third-order valence-electron chi connectivity index (χ3n) is 14.1. The van der Waals surface area contributed by atoms with Crippen LogP contribution in [0, 0.1) is 0 Å². The number of amides is 1. The van der Waals surface area contributed by atoms with Gasteiger partial charge in [-0.15, -0.1) is 0 Å². The van der Waals surface area contributed by atoms with Crippen molar-refractivity contribution in [3.05, 3.63) is 97.2 Å². The van der Waals surface area contributed by atoms with Gasteiger partial charge in [0.15, 0.2) is 0 Å². The number of nitrogens with zero attached hydrogens (tertiary/aromatic N) is 1. The van der Waals surface area contributed by atoms with Gasteiger partial charge in [0.2, 0.25) is 5.91 Å². The van der Waals surface area contributed by atoms with Crippen molar-refractivity contribution in [2.45, 2.75) is 289 Å². The van der Waals surface area contributed by atoms with Crippen molar-refractivity contribution >= 4 is 13.7 Å². The molecule has 0 saturated carbocycles. The Morgan fingerprint density at radius 2 is 0.779 bits per heavy atom. The first-order chi connectivity index (χ1) is 37.5. The standard InChI is InChI=1S/C68H123N2O6P/c1-6-8-10-12-14-16-18-20-22-24-26-28-30-32-34-35-36-38-40-42-44-46-48-50-52-54-56-58-60-62-68(72)69-66(65-76-77(73,74)75-64-63-70(3,4)5)67(71)61-59-57-55-53-51-49-47-45-43-41-39-37-33-31-29-27-25-23-21-19-17-15-13-11-9-7-2/h8,10,14,16,20,22,26,28,32,34,36,38,42,44,48,50,66-67,71H,6-7,9,11-13,15,17-19,21,23-25,27,29-31,33,35,37,39-41,43,45-47,49,51-65H2,1-5H3,(H-,69,72,73,74)/p+1/b10-8-,16-14-,22-20-,28-26-,34-32-,38-36-,44-42-,50-48-. The van der Waals surface area contributed by atoms with Crippen LogP contribution in [0.3, 0.4) is 0 Å². The molecule has 0 fully saturated rings. The molecule has 0 bridgehead atoms. The lowest BCUT2D eigenvalue weighted by Gasteiger charge is -2.26. The van der Waals surface area contributed by atoms with E-state index in [9.17, 15) is 19.4 Å². The van der Waals surface area contributed by atoms with Crippen molar-refractivity contribution in [2.24, 2.45) is 0 Å². The van der Waals surface area contributed by atoms with Gasteiger partial charge in [-0.25, -0.2) is 4.57 Å². The van der Waals surface area contributed by atoms with Crippen molar-refractivity contribution < 1.29 is 32.9 Å². The molecule has 1 amide bonds. The maximum atomic E-state index is 13.0. The van der Waals surface area contributed by atoms with Crippen molar-refractivity contribution in [2.75, 3.05) is 40.9 Å². The Bertz CT molecular complexity index is 1570. The Labute approximate surface area is 477 Å². The lowest BCUT2D eigenvalue weighted by atomic mass is 10.0. The molecule has 0 aliphatic heterocycles. The van der Waals surface area contributed by atoms with Crippen LogP contribution >= 0.6 is 7.82 Å². The van der Waals surface area contributed by atoms with Gasteiger partial charge in [0.1, 0.15) is 13.2 Å². The summed E-state index contributed by atoms with van der Waals surface area (Å²) in [6, 6.07) is -0.783. The van der Waals surface area contributed by atoms with Gasteiger partial charge in [0, 0.05) is 6.42 Å². The van der Waals surface area contributed by atoms with Crippen LogP contribution in [0.4, 0.5) is 0 Å². The zero-order valence-electron chi connectivity index (χ0n) is 50.9. The molecule has 0 radical (unpaired) electrons. The highest BCUT2D eigenvalue weighted by Crippen LogP contribution is 2.43. The Morgan fingerprint density at radius 1 is 0.455 bits per heavy atom. The van der Waals surface area contributed by atoms with Crippen LogP contribution < -0.4 is 5.32 Å². The maximum Gasteiger partial charge on any atom is 0.472 e. The summed E-state index contributed by atoms with van der Waals surface area (Å²) in [7, 11) is 1.59. The van der Waals surface area contributed by atoms with Gasteiger partial charge in [-0.2, -0.15) is 0 Å². The van der Waals surface area contributed by atoms with E-state index < -0.39 is 20.0 Å². The van der Waals surface area contributed by atoms with Crippen molar-refractivity contribution in [3.63, 3.8) is 0 Å². The summed E-state index contributed by atoms with van der Waals surface area (Å²) in [4.78, 5) is 23.4. The number of aliphatic hydroxyl groups is 1. The minimum Gasteiger partial charge on any atom is -0.391 e. The molecule has 3 unspecified atom stereocenters.